The second-order valence-corrected chi connectivity index (χ2v) is 20.1. The monoisotopic (exact) mass is 845 g/mol. The molecule has 4 bridgehead atoms. The van der Waals surface area contributed by atoms with Gasteiger partial charge in [-0.3, -0.25) is 0 Å². The van der Waals surface area contributed by atoms with Crippen molar-refractivity contribution in [1.29, 1.82) is 0 Å². The molecule has 6 aliphatic carbocycles. The molecule has 0 N–H and O–H groups in total. The Morgan fingerprint density at radius 1 is 0.303 bits per heavy atom. The molecule has 15 rings (SSSR count). The highest BCUT2D eigenvalue weighted by Crippen LogP contribution is 2.66. The minimum Gasteiger partial charge on any atom is -0.310 e. The van der Waals surface area contributed by atoms with Gasteiger partial charge < -0.3 is 4.90 Å². The third-order valence-corrected chi connectivity index (χ3v) is 17.1. The molecule has 1 nitrogen and oxygen atoms in total. The van der Waals surface area contributed by atoms with Crippen LogP contribution in [0.4, 0.5) is 17.1 Å². The highest BCUT2D eigenvalue weighted by Gasteiger charge is 2.58. The summed E-state index contributed by atoms with van der Waals surface area (Å²) in [6.45, 7) is 0. The molecule has 9 aromatic carbocycles. The third kappa shape index (κ3) is 5.17. The van der Waals surface area contributed by atoms with Gasteiger partial charge in [-0.25, -0.2) is 0 Å². The van der Waals surface area contributed by atoms with Crippen LogP contribution in [-0.2, 0) is 16.2 Å². The first-order valence-electron chi connectivity index (χ1n) is 24.3. The fourth-order valence-corrected chi connectivity index (χ4v) is 14.8. The van der Waals surface area contributed by atoms with Gasteiger partial charge in [0.05, 0.1) is 10.8 Å². The topological polar surface area (TPSA) is 3.24 Å². The summed E-state index contributed by atoms with van der Waals surface area (Å²) in [5, 5.41) is 0. The largest absolute Gasteiger partial charge is 0.310 e. The summed E-state index contributed by atoms with van der Waals surface area (Å²) in [4.78, 5) is 2.56. The second-order valence-electron chi connectivity index (χ2n) is 20.1. The van der Waals surface area contributed by atoms with Crippen LogP contribution >= 0.6 is 0 Å². The lowest BCUT2D eigenvalue weighted by Crippen LogP contribution is -2.29. The first kappa shape index (κ1) is 38.1. The molecule has 9 aromatic rings. The van der Waals surface area contributed by atoms with Crippen molar-refractivity contribution in [2.24, 2.45) is 17.8 Å². The molecule has 6 aliphatic rings. The first-order chi connectivity index (χ1) is 32.7. The Labute approximate surface area is 389 Å². The Morgan fingerprint density at radius 2 is 0.667 bits per heavy atom. The minimum absolute atomic E-state index is 0.353. The fourth-order valence-electron chi connectivity index (χ4n) is 14.8. The van der Waals surface area contributed by atoms with Gasteiger partial charge in [0.25, 0.3) is 0 Å². The maximum absolute atomic E-state index is 2.56. The highest BCUT2D eigenvalue weighted by atomic mass is 15.1. The van der Waals surface area contributed by atoms with Gasteiger partial charge in [0.1, 0.15) is 0 Å². The summed E-state index contributed by atoms with van der Waals surface area (Å²) < 4.78 is 0. The summed E-state index contributed by atoms with van der Waals surface area (Å²) in [6, 6.07) is 87.6. The van der Waals surface area contributed by atoms with Crippen LogP contribution in [0, 0.1) is 17.8 Å². The molecule has 0 heterocycles. The molecule has 316 valence electrons. The molecule has 0 amide bonds. The molecule has 4 fully saturated rings. The number of hydrogen-bond acceptors (Lipinski definition) is 1. The average molecular weight is 846 g/mol. The van der Waals surface area contributed by atoms with Gasteiger partial charge in [-0.05, 0) is 164 Å². The normalized spacial score (nSPS) is 21.8. The lowest BCUT2D eigenvalue weighted by Gasteiger charge is -2.36. The van der Waals surface area contributed by atoms with Crippen molar-refractivity contribution in [2.45, 2.75) is 48.3 Å². The smallest absolute Gasteiger partial charge is 0.0714 e. The molecule has 1 heteroatoms. The molecular weight excluding hydrogens is 795 g/mol. The lowest BCUT2D eigenvalue weighted by atomic mass is 9.67. The van der Waals surface area contributed by atoms with Crippen molar-refractivity contribution in [1.82, 2.24) is 0 Å². The molecule has 0 aromatic heterocycles. The third-order valence-electron chi connectivity index (χ3n) is 17.1. The first-order valence-corrected chi connectivity index (χ1v) is 24.3. The molecule has 0 spiro atoms. The Hall–Kier alpha value is -7.22. The Balaban J connectivity index is 1.02. The van der Waals surface area contributed by atoms with E-state index in [1.165, 1.54) is 105 Å². The SMILES string of the molecule is c1ccc(C2(c3ccccc3)c3ccccc3-c3ccc(N(c4ccc(C56CC7CC(CC5C7)C6)cc4)c4ccc5c(c4)C(c4ccccc4)(c4ccccc4)c4ccccc4-5)cc32)cc1. The maximum Gasteiger partial charge on any atom is 0.0714 e. The lowest BCUT2D eigenvalue weighted by molar-refractivity contribution is 0.266. The molecule has 0 aliphatic heterocycles. The van der Waals surface area contributed by atoms with Gasteiger partial charge >= 0.3 is 0 Å². The highest BCUT2D eigenvalue weighted by molar-refractivity contribution is 5.92. The van der Waals surface area contributed by atoms with E-state index in [0.29, 0.717) is 5.41 Å². The van der Waals surface area contributed by atoms with E-state index in [0.717, 1.165) is 29.1 Å². The molecule has 0 saturated heterocycles. The molecule has 2 unspecified atom stereocenters. The summed E-state index contributed by atoms with van der Waals surface area (Å²) in [7, 11) is 0. The number of nitrogens with zero attached hydrogens (tertiary/aromatic N) is 1. The quantitative estimate of drug-likeness (QED) is 0.147. The maximum atomic E-state index is 2.56. The van der Waals surface area contributed by atoms with Crippen LogP contribution in [0.3, 0.4) is 0 Å². The van der Waals surface area contributed by atoms with Crippen LogP contribution in [0.5, 0.6) is 0 Å². The van der Waals surface area contributed by atoms with Crippen molar-refractivity contribution in [2.75, 3.05) is 4.90 Å². The number of anilines is 3. The van der Waals surface area contributed by atoms with Crippen LogP contribution in [0.2, 0.25) is 0 Å². The fraction of sp³-hybridized carbons (Fsp3) is 0.169. The van der Waals surface area contributed by atoms with E-state index < -0.39 is 10.8 Å². The number of rotatable bonds is 8. The van der Waals surface area contributed by atoms with Gasteiger partial charge in [-0.15, -0.1) is 0 Å². The molecule has 4 saturated carbocycles. The van der Waals surface area contributed by atoms with E-state index in [2.05, 4.69) is 235 Å². The van der Waals surface area contributed by atoms with Crippen LogP contribution in [0.1, 0.15) is 82.2 Å². The van der Waals surface area contributed by atoms with Gasteiger partial charge in [-0.2, -0.15) is 0 Å². The van der Waals surface area contributed by atoms with Crippen molar-refractivity contribution in [3.8, 4) is 22.3 Å². The average Bonchev–Trinajstić information content (AvgIpc) is 4.03. The van der Waals surface area contributed by atoms with Crippen molar-refractivity contribution >= 4 is 17.1 Å². The van der Waals surface area contributed by atoms with Crippen LogP contribution < -0.4 is 4.90 Å². The second kappa shape index (κ2) is 14.4. The molecular formula is C65H51N. The van der Waals surface area contributed by atoms with Crippen molar-refractivity contribution in [3.05, 3.63) is 281 Å². The Kier molecular flexibility index (Phi) is 8.30. The summed E-state index contributed by atoms with van der Waals surface area (Å²) in [5.41, 5.74) is 20.0. The number of hydrogen-bond donors (Lipinski definition) is 0. The Morgan fingerprint density at radius 3 is 1.09 bits per heavy atom. The van der Waals surface area contributed by atoms with Gasteiger partial charge in [-0.1, -0.05) is 194 Å². The zero-order valence-electron chi connectivity index (χ0n) is 37.2. The van der Waals surface area contributed by atoms with E-state index in [1.807, 2.05) is 0 Å². The van der Waals surface area contributed by atoms with Crippen LogP contribution in [0.15, 0.2) is 231 Å². The molecule has 0 radical (unpaired) electrons. The summed E-state index contributed by atoms with van der Waals surface area (Å²) in [5.74, 6) is 2.66. The molecule has 66 heavy (non-hydrogen) atoms. The van der Waals surface area contributed by atoms with Crippen LogP contribution in [0.25, 0.3) is 22.3 Å². The van der Waals surface area contributed by atoms with Gasteiger partial charge in [0, 0.05) is 17.1 Å². The Bertz CT molecular complexity index is 3020. The van der Waals surface area contributed by atoms with E-state index in [4.69, 9.17) is 0 Å². The van der Waals surface area contributed by atoms with Gasteiger partial charge in [0.15, 0.2) is 0 Å². The minimum atomic E-state index is -0.505. The zero-order chi connectivity index (χ0) is 43.5. The van der Waals surface area contributed by atoms with E-state index in [1.54, 1.807) is 5.56 Å². The summed E-state index contributed by atoms with van der Waals surface area (Å²) >= 11 is 0. The summed E-state index contributed by atoms with van der Waals surface area (Å²) in [6.07, 6.45) is 7.05. The predicted octanol–water partition coefficient (Wildman–Crippen LogP) is 16.0. The zero-order valence-corrected chi connectivity index (χ0v) is 37.2. The number of fused-ring (bicyclic) bond motifs is 6. The number of benzene rings is 9. The molecule has 2 atom stereocenters. The van der Waals surface area contributed by atoms with E-state index in [-0.39, 0.29) is 0 Å². The van der Waals surface area contributed by atoms with Crippen LogP contribution in [-0.4, -0.2) is 0 Å². The van der Waals surface area contributed by atoms with Crippen molar-refractivity contribution < 1.29 is 0 Å². The van der Waals surface area contributed by atoms with Crippen molar-refractivity contribution in [3.63, 3.8) is 0 Å². The van der Waals surface area contributed by atoms with E-state index >= 15 is 0 Å². The van der Waals surface area contributed by atoms with Gasteiger partial charge in [0.2, 0.25) is 0 Å². The van der Waals surface area contributed by atoms with E-state index in [9.17, 15) is 0 Å². The predicted molar refractivity (Wildman–Crippen MR) is 271 cm³/mol. The standard InChI is InChI=1S/C65H51N/c1-5-17-47(18-6-1)64(48-19-7-2-8-20-48)59-27-15-13-25-55(59)57-35-33-53(40-61(57)64)66(52-31-29-46(30-32-52)63-42-44-37-45(43-63)39-51(63)38-44)54-34-36-58-56-26-14-16-28-60(56)65(62(58)41-54,49-21-9-3-10-22-49)50-23-11-4-12-24-50/h1-36,40-41,44-45,51H,37-39,42-43H2.